The van der Waals surface area contributed by atoms with E-state index in [2.05, 4.69) is 27.8 Å². The Kier molecular flexibility index (Phi) is 10.1. The molecular formula is C36H37Cl4N3O2. The molecule has 1 amide bonds. The number of Topliss-reactive ketones (excluding diaryl/α,β-unsaturated/α-hetero) is 1. The number of nitrogens with zero attached hydrogens (tertiary/aromatic N) is 2. The quantitative estimate of drug-likeness (QED) is 0.160. The first kappa shape index (κ1) is 32.4. The van der Waals surface area contributed by atoms with Crippen LogP contribution in [0.25, 0.3) is 10.9 Å². The zero-order valence-electron chi connectivity index (χ0n) is 25.3. The number of para-hydroxylation sites is 1. The van der Waals surface area contributed by atoms with E-state index in [9.17, 15) is 9.59 Å². The first-order valence-corrected chi connectivity index (χ1v) is 17.3. The molecule has 2 aliphatic rings. The van der Waals surface area contributed by atoms with Crippen LogP contribution in [0.3, 0.4) is 0 Å². The molecule has 3 heterocycles. The van der Waals surface area contributed by atoms with Gasteiger partial charge < -0.3 is 9.88 Å². The molecule has 9 heteroatoms. The molecule has 2 fully saturated rings. The van der Waals surface area contributed by atoms with E-state index in [0.717, 1.165) is 55.2 Å². The fourth-order valence-corrected chi connectivity index (χ4v) is 8.29. The van der Waals surface area contributed by atoms with Gasteiger partial charge in [-0.1, -0.05) is 77.6 Å². The van der Waals surface area contributed by atoms with E-state index in [4.69, 9.17) is 46.4 Å². The van der Waals surface area contributed by atoms with Gasteiger partial charge in [0.05, 0.1) is 21.1 Å². The average molecular weight is 686 g/mol. The standard InChI is InChI=1S/C36H37Cl4N3O2/c1-2-24-5-3-6-30-31(36(45)41-20-22-7-10-32(39)33(40)15-22)21-42(35(24)30)11-4-12-43-28-8-9-29(43)14-23(13-28)16-34(44)25-17-26(37)19-27(38)18-25/h3,5-7,10,15,17-19,21,23,28-29H,2,4,8-9,11-14,16,20H2,1H3,(H,41,45)/t23?,28-,29+. The summed E-state index contributed by atoms with van der Waals surface area (Å²) in [5.74, 6) is 0.405. The summed E-state index contributed by atoms with van der Waals surface area (Å²) in [6.45, 7) is 4.37. The molecule has 4 aromatic rings. The number of ketones is 1. The fraction of sp³-hybridized carbons (Fsp3) is 0.389. The first-order valence-electron chi connectivity index (χ1n) is 15.8. The van der Waals surface area contributed by atoms with Crippen molar-refractivity contribution < 1.29 is 9.59 Å². The van der Waals surface area contributed by atoms with Crippen molar-refractivity contribution in [3.63, 3.8) is 0 Å². The van der Waals surface area contributed by atoms with Gasteiger partial charge in [0.25, 0.3) is 5.91 Å². The molecule has 0 saturated carbocycles. The Morgan fingerprint density at radius 1 is 0.889 bits per heavy atom. The second-order valence-electron chi connectivity index (χ2n) is 12.4. The van der Waals surface area contributed by atoms with Crippen molar-refractivity contribution in [3.05, 3.63) is 103 Å². The number of aromatic nitrogens is 1. The third-order valence-electron chi connectivity index (χ3n) is 9.50. The van der Waals surface area contributed by atoms with Gasteiger partial charge in [-0.15, -0.1) is 0 Å². The van der Waals surface area contributed by atoms with Gasteiger partial charge >= 0.3 is 0 Å². The highest BCUT2D eigenvalue weighted by Crippen LogP contribution is 2.40. The lowest BCUT2D eigenvalue weighted by Gasteiger charge is -2.39. The molecule has 2 saturated heterocycles. The molecule has 6 rings (SSSR count). The zero-order valence-corrected chi connectivity index (χ0v) is 28.3. The molecule has 2 aliphatic heterocycles. The number of hydrogen-bond donors (Lipinski definition) is 1. The lowest BCUT2D eigenvalue weighted by Crippen LogP contribution is -2.43. The summed E-state index contributed by atoms with van der Waals surface area (Å²) in [5.41, 5.74) is 4.57. The molecule has 0 spiro atoms. The third-order valence-corrected chi connectivity index (χ3v) is 10.7. The summed E-state index contributed by atoms with van der Waals surface area (Å²) < 4.78 is 2.27. The van der Waals surface area contributed by atoms with E-state index in [-0.39, 0.29) is 11.7 Å². The van der Waals surface area contributed by atoms with Crippen molar-refractivity contribution in [1.82, 2.24) is 14.8 Å². The van der Waals surface area contributed by atoms with E-state index in [1.807, 2.05) is 24.4 Å². The Bertz CT molecular complexity index is 1700. The minimum atomic E-state index is -0.104. The number of carbonyl (C=O) groups is 2. The zero-order chi connectivity index (χ0) is 31.7. The maximum absolute atomic E-state index is 13.4. The van der Waals surface area contributed by atoms with Crippen LogP contribution in [0, 0.1) is 5.92 Å². The number of nitrogens with one attached hydrogen (secondary N) is 1. The van der Waals surface area contributed by atoms with Crippen LogP contribution in [0.5, 0.6) is 0 Å². The summed E-state index contributed by atoms with van der Waals surface area (Å²) >= 11 is 24.5. The Morgan fingerprint density at radius 3 is 2.31 bits per heavy atom. The van der Waals surface area contributed by atoms with Gasteiger partial charge in [0, 0.05) is 65.3 Å². The molecule has 0 aliphatic carbocycles. The van der Waals surface area contributed by atoms with Crippen molar-refractivity contribution >= 4 is 69.0 Å². The summed E-state index contributed by atoms with van der Waals surface area (Å²) in [6.07, 6.45) is 8.92. The van der Waals surface area contributed by atoms with Crippen molar-refractivity contribution in [2.45, 2.75) is 77.0 Å². The van der Waals surface area contributed by atoms with Gasteiger partial charge in [-0.2, -0.15) is 0 Å². The maximum atomic E-state index is 13.4. The number of amides is 1. The predicted molar refractivity (Wildman–Crippen MR) is 185 cm³/mol. The molecule has 5 nitrogen and oxygen atoms in total. The Morgan fingerprint density at radius 2 is 1.62 bits per heavy atom. The van der Waals surface area contributed by atoms with Crippen LogP contribution in [0.1, 0.15) is 77.3 Å². The molecule has 1 unspecified atom stereocenters. The van der Waals surface area contributed by atoms with Crippen LogP contribution in [-0.2, 0) is 19.5 Å². The molecule has 1 N–H and O–H groups in total. The molecule has 3 aromatic carbocycles. The normalized spacial score (nSPS) is 19.7. The van der Waals surface area contributed by atoms with E-state index in [0.29, 0.717) is 62.2 Å². The molecule has 236 valence electrons. The highest BCUT2D eigenvalue weighted by molar-refractivity contribution is 6.42. The van der Waals surface area contributed by atoms with Crippen molar-refractivity contribution in [1.29, 1.82) is 0 Å². The Labute approximate surface area is 284 Å². The highest BCUT2D eigenvalue weighted by atomic mass is 35.5. The van der Waals surface area contributed by atoms with Crippen molar-refractivity contribution in [2.24, 2.45) is 5.92 Å². The van der Waals surface area contributed by atoms with Crippen LogP contribution in [0.2, 0.25) is 20.1 Å². The second-order valence-corrected chi connectivity index (χ2v) is 14.1. The van der Waals surface area contributed by atoms with E-state index in [1.165, 1.54) is 18.4 Å². The summed E-state index contributed by atoms with van der Waals surface area (Å²) in [4.78, 5) is 29.1. The number of carbonyl (C=O) groups excluding carboxylic acids is 2. The highest BCUT2D eigenvalue weighted by Gasteiger charge is 2.40. The third kappa shape index (κ3) is 7.24. The predicted octanol–water partition coefficient (Wildman–Crippen LogP) is 9.65. The number of fused-ring (bicyclic) bond motifs is 3. The number of piperidine rings is 1. The van der Waals surface area contributed by atoms with Crippen LogP contribution in [0.4, 0.5) is 0 Å². The van der Waals surface area contributed by atoms with E-state index >= 15 is 0 Å². The van der Waals surface area contributed by atoms with E-state index < -0.39 is 0 Å². The molecule has 3 atom stereocenters. The Balaban J connectivity index is 1.09. The van der Waals surface area contributed by atoms with Gasteiger partial charge in [-0.25, -0.2) is 0 Å². The van der Waals surface area contributed by atoms with Crippen LogP contribution in [0.15, 0.2) is 60.8 Å². The number of aryl methyl sites for hydroxylation is 2. The summed E-state index contributed by atoms with van der Waals surface area (Å²) in [6, 6.07) is 17.8. The largest absolute Gasteiger partial charge is 0.348 e. The number of benzene rings is 3. The topological polar surface area (TPSA) is 54.3 Å². The number of rotatable bonds is 11. The number of halogens is 4. The monoisotopic (exact) mass is 683 g/mol. The smallest absolute Gasteiger partial charge is 0.253 e. The Hall–Kier alpha value is -2.54. The molecular weight excluding hydrogens is 648 g/mol. The second kappa shape index (κ2) is 14.1. The van der Waals surface area contributed by atoms with Crippen molar-refractivity contribution in [3.8, 4) is 0 Å². The SMILES string of the molecule is CCc1cccc2c(C(=O)NCc3ccc(Cl)c(Cl)c3)cn(CCCN3[C@@H]4CC[C@H]3CC(CC(=O)c3cc(Cl)cc(Cl)c3)C4)c12. The average Bonchev–Trinajstić information content (AvgIpc) is 3.50. The van der Waals surface area contributed by atoms with Gasteiger partial charge in [0.2, 0.25) is 0 Å². The van der Waals surface area contributed by atoms with Gasteiger partial charge in [-0.05, 0) is 85.9 Å². The summed E-state index contributed by atoms with van der Waals surface area (Å²) in [5, 5.41) is 6.01. The summed E-state index contributed by atoms with van der Waals surface area (Å²) in [7, 11) is 0. The van der Waals surface area contributed by atoms with E-state index in [1.54, 1.807) is 30.3 Å². The molecule has 0 radical (unpaired) electrons. The molecule has 1 aromatic heterocycles. The van der Waals surface area contributed by atoms with Crippen molar-refractivity contribution in [2.75, 3.05) is 6.54 Å². The lowest BCUT2D eigenvalue weighted by atomic mass is 9.85. The van der Waals surface area contributed by atoms with Gasteiger partial charge in [-0.3, -0.25) is 14.5 Å². The fourth-order valence-electron chi connectivity index (χ4n) is 7.44. The lowest BCUT2D eigenvalue weighted by molar-refractivity contribution is 0.0807. The first-order chi connectivity index (χ1) is 21.7. The maximum Gasteiger partial charge on any atom is 0.253 e. The minimum Gasteiger partial charge on any atom is -0.348 e. The minimum absolute atomic E-state index is 0.104. The molecule has 45 heavy (non-hydrogen) atoms. The van der Waals surface area contributed by atoms with Gasteiger partial charge in [0.15, 0.2) is 5.78 Å². The van der Waals surface area contributed by atoms with Crippen LogP contribution >= 0.6 is 46.4 Å². The van der Waals surface area contributed by atoms with Gasteiger partial charge in [0.1, 0.15) is 0 Å². The molecule has 2 bridgehead atoms. The number of hydrogen-bond acceptors (Lipinski definition) is 3. The van der Waals surface area contributed by atoms with Crippen LogP contribution in [-0.4, -0.2) is 39.8 Å². The van der Waals surface area contributed by atoms with Crippen LogP contribution < -0.4 is 5.32 Å².